The molecule has 0 nitrogen and oxygen atoms in total. The molecule has 0 aromatic carbocycles. The molecule has 0 unspecified atom stereocenters. The molecule has 5 heavy (non-hydrogen) atoms. The fourth-order valence-corrected chi connectivity index (χ4v) is 0. The Balaban J connectivity index is -0.0000000150. The van der Waals surface area contributed by atoms with E-state index >= 15 is 0 Å². The van der Waals surface area contributed by atoms with Crippen molar-refractivity contribution in [3.8, 4) is 0 Å². The summed E-state index contributed by atoms with van der Waals surface area (Å²) >= 11 is -4.44. The van der Waals surface area contributed by atoms with E-state index in [4.69, 9.17) is 0 Å². The van der Waals surface area contributed by atoms with Gasteiger partial charge < -0.3 is 2.85 Å². The normalized spacial score (nSPS) is 9.00. The molecule has 0 aromatic heterocycles. The van der Waals surface area contributed by atoms with E-state index in [1.165, 1.54) is 0 Å². The largest absolute Gasteiger partial charge is 2.00 e. The molecule has 0 heterocycles. The van der Waals surface area contributed by atoms with Crippen LogP contribution < -0.4 is 0 Å². The van der Waals surface area contributed by atoms with Crippen LogP contribution in [-0.4, -0.2) is 45.5 Å². The van der Waals surface area contributed by atoms with Crippen LogP contribution in [-0.2, 0) is 0 Å². The molecular formula is H2F3LuSr. The van der Waals surface area contributed by atoms with Gasteiger partial charge in [-0.25, -0.2) is 0 Å². The molecule has 0 N–H and O–H groups in total. The van der Waals surface area contributed by atoms with Crippen molar-refractivity contribution in [3.05, 3.63) is 0 Å². The van der Waals surface area contributed by atoms with Crippen molar-refractivity contribution < 1.29 is 40.7 Å². The summed E-state index contributed by atoms with van der Waals surface area (Å²) in [4.78, 5) is 0. The third-order valence-corrected chi connectivity index (χ3v) is 0. The van der Waals surface area contributed by atoms with Gasteiger partial charge in [-0.05, 0) is 0 Å². The Kier molecular flexibility index (Phi) is 13.6. The zero-order valence-electron chi connectivity index (χ0n) is 4.10. The van der Waals surface area contributed by atoms with Gasteiger partial charge in [0, 0.05) is 0 Å². The van der Waals surface area contributed by atoms with E-state index in [9.17, 15) is 4.39 Å². The van der Waals surface area contributed by atoms with Crippen molar-refractivity contribution in [1.29, 1.82) is 0 Å². The van der Waals surface area contributed by atoms with Gasteiger partial charge in [0.25, 0.3) is 0 Å². The standard InChI is InChI=1S/3FH.Lu.Sr.2H/h3*1H;;;;/q;;;+3;+2;2*-1/p-3. The van der Waals surface area contributed by atoms with E-state index in [0.717, 1.165) is 0 Å². The van der Waals surface area contributed by atoms with E-state index in [1.54, 1.807) is 0 Å². The number of rotatable bonds is 0. The average molecular weight is 322 g/mol. The number of hydrogen-bond donors (Lipinski definition) is 0. The molecule has 40 valence electrons. The summed E-state index contributed by atoms with van der Waals surface area (Å²) in [5.74, 6) is 0. The van der Waals surface area contributed by atoms with Gasteiger partial charge in [-0.15, -0.1) is 0 Å². The first-order valence-corrected chi connectivity index (χ1v) is 2.17. The van der Waals surface area contributed by atoms with Crippen molar-refractivity contribution >= 4 is 45.5 Å². The first-order valence-electron chi connectivity index (χ1n) is 0.293. The van der Waals surface area contributed by atoms with Crippen molar-refractivity contribution in [2.45, 2.75) is 0 Å². The summed E-state index contributed by atoms with van der Waals surface area (Å²) in [5, 5.41) is 0. The van der Waals surface area contributed by atoms with Crippen LogP contribution in [0.4, 0.5) is 4.39 Å². The van der Waals surface area contributed by atoms with Gasteiger partial charge in [0.05, 0.1) is 0 Å². The molecule has 0 bridgehead atoms. The summed E-state index contributed by atoms with van der Waals surface area (Å²) in [5.41, 5.74) is 0. The van der Waals surface area contributed by atoms with Crippen molar-refractivity contribution in [1.82, 2.24) is 0 Å². The summed E-state index contributed by atoms with van der Waals surface area (Å²) in [6, 6.07) is 0. The summed E-state index contributed by atoms with van der Waals surface area (Å²) in [6.07, 6.45) is 0. The molecule has 0 aromatic rings. The minimum atomic E-state index is -4.44. The van der Waals surface area contributed by atoms with E-state index < -0.39 is 33.4 Å². The van der Waals surface area contributed by atoms with E-state index in [-0.39, 0.29) is 48.3 Å². The fourth-order valence-electron chi connectivity index (χ4n) is 0. The SMILES string of the molecule is [F][Lu]([F])[F].[H-].[H-].[Sr+2]. The second-order valence-corrected chi connectivity index (χ2v) is 0.821. The predicted octanol–water partition coefficient (Wildman–Crippen LogP) is 1.10. The smallest absolute Gasteiger partial charge is 1.00 e. The van der Waals surface area contributed by atoms with E-state index in [2.05, 4.69) is 0 Å². The predicted molar refractivity (Wildman–Crippen MR) is 11.3 cm³/mol. The quantitative estimate of drug-likeness (QED) is 0.586. The topological polar surface area (TPSA) is 0 Å². The summed E-state index contributed by atoms with van der Waals surface area (Å²) < 4.78 is 29.3. The first kappa shape index (κ1) is 10.5. The molecule has 0 atom stereocenters. The van der Waals surface area contributed by atoms with Crippen LogP contribution in [0.15, 0.2) is 0 Å². The molecule has 5 heteroatoms. The maximum Gasteiger partial charge on any atom is 2.00 e. The second kappa shape index (κ2) is 6.50. The Hall–Kier alpha value is 2.50. The molecule has 0 aliphatic carbocycles. The second-order valence-electron chi connectivity index (χ2n) is 0.111. The molecule has 0 rings (SSSR count). The fraction of sp³-hybridized carbons (Fsp3) is 0. The number of halogens is 3. The molecule has 0 aliphatic heterocycles. The molecule has 0 spiro atoms. The van der Waals surface area contributed by atoms with Crippen molar-refractivity contribution in [2.75, 3.05) is 0 Å². The minimum Gasteiger partial charge on any atom is -1.00 e. The summed E-state index contributed by atoms with van der Waals surface area (Å²) in [6.45, 7) is 0. The first-order chi connectivity index (χ1) is 1.73. The molecule has 0 saturated heterocycles. The minimum absolute atomic E-state index is 0. The third-order valence-electron chi connectivity index (χ3n) is 0. The Morgan fingerprint density at radius 2 is 1.20 bits per heavy atom. The van der Waals surface area contributed by atoms with Gasteiger partial charge in [0.2, 0.25) is 0 Å². The molecule has 0 saturated carbocycles. The Morgan fingerprint density at radius 3 is 1.20 bits per heavy atom. The van der Waals surface area contributed by atoms with Crippen LogP contribution in [0.25, 0.3) is 0 Å². The van der Waals surface area contributed by atoms with Crippen molar-refractivity contribution in [3.63, 3.8) is 0 Å². The van der Waals surface area contributed by atoms with Gasteiger partial charge in [0.1, 0.15) is 0 Å². The molecule has 0 radical (unpaired) electrons. The van der Waals surface area contributed by atoms with Gasteiger partial charge in [-0.2, -0.15) is 0 Å². The van der Waals surface area contributed by atoms with Crippen LogP contribution in [0.3, 0.4) is 0 Å². The van der Waals surface area contributed by atoms with E-state index in [1.807, 2.05) is 0 Å². The van der Waals surface area contributed by atoms with Gasteiger partial charge in [-0.3, -0.25) is 0 Å². The molecular weight excluding hydrogens is 320 g/mol. The molecule has 0 amide bonds. The van der Waals surface area contributed by atoms with Crippen LogP contribution in [0, 0.1) is 33.4 Å². The van der Waals surface area contributed by atoms with Crippen LogP contribution in [0.5, 0.6) is 0 Å². The average Bonchev–Trinajstić information content (AvgIpc) is 0.811. The monoisotopic (exact) mass is 322 g/mol. The van der Waals surface area contributed by atoms with Crippen LogP contribution in [0.2, 0.25) is 0 Å². The van der Waals surface area contributed by atoms with Crippen LogP contribution in [0.1, 0.15) is 2.85 Å². The maximum absolute atomic E-state index is 9.78. The van der Waals surface area contributed by atoms with Crippen molar-refractivity contribution in [2.24, 2.45) is 0 Å². The Bertz CT molecular complexity index is 17.7. The Labute approximate surface area is 84.0 Å². The van der Waals surface area contributed by atoms with Gasteiger partial charge >= 0.3 is 83.3 Å². The maximum atomic E-state index is 9.78. The molecule has 0 fully saturated rings. The van der Waals surface area contributed by atoms with Crippen LogP contribution >= 0.6 is 0 Å². The van der Waals surface area contributed by atoms with E-state index in [0.29, 0.717) is 0 Å². The zero-order valence-corrected chi connectivity index (χ0v) is 7.23. The Morgan fingerprint density at radius 1 is 1.20 bits per heavy atom. The zero-order chi connectivity index (χ0) is 3.58. The third kappa shape index (κ3) is 21.0. The van der Waals surface area contributed by atoms with Gasteiger partial charge in [0.15, 0.2) is 0 Å². The van der Waals surface area contributed by atoms with Gasteiger partial charge in [-0.1, -0.05) is 0 Å². The molecule has 0 aliphatic rings. The number of hydrogen-bond acceptors (Lipinski definition) is 0. The summed E-state index contributed by atoms with van der Waals surface area (Å²) in [7, 11) is 0.